The van der Waals surface area contributed by atoms with Crippen LogP contribution in [0.15, 0.2) is 54.9 Å². The van der Waals surface area contributed by atoms with E-state index in [1.807, 2.05) is 73.3 Å². The van der Waals surface area contributed by atoms with Gasteiger partial charge < -0.3 is 5.32 Å². The fourth-order valence-electron chi connectivity index (χ4n) is 4.16. The van der Waals surface area contributed by atoms with Gasteiger partial charge in [0.15, 0.2) is 0 Å². The first-order chi connectivity index (χ1) is 15.6. The number of rotatable bonds is 4. The summed E-state index contributed by atoms with van der Waals surface area (Å²) in [5.74, 6) is 1.30. The average Bonchev–Trinajstić information content (AvgIpc) is 3.47. The highest BCUT2D eigenvalue weighted by atomic mass is 32.1. The molecule has 2 aromatic carbocycles. The number of anilines is 1. The summed E-state index contributed by atoms with van der Waals surface area (Å²) in [4.78, 5) is 28.6. The third-order valence-corrected chi connectivity index (χ3v) is 7.18. The SMILES string of the molecule is Cc1nc(C2CC2)nc2sc(C(=O)Nc3ccc(-n4cnc5ccccc54)cc3)c(C)c12. The monoisotopic (exact) mass is 439 g/mol. The van der Waals surface area contributed by atoms with Crippen molar-refractivity contribution >= 4 is 44.2 Å². The number of para-hydroxylation sites is 2. The van der Waals surface area contributed by atoms with Gasteiger partial charge >= 0.3 is 0 Å². The normalized spacial score (nSPS) is 13.7. The first-order valence-electron chi connectivity index (χ1n) is 10.7. The highest BCUT2D eigenvalue weighted by molar-refractivity contribution is 7.20. The van der Waals surface area contributed by atoms with Crippen molar-refractivity contribution in [2.45, 2.75) is 32.6 Å². The molecule has 1 aliphatic carbocycles. The first-order valence-corrected chi connectivity index (χ1v) is 11.5. The fraction of sp³-hybridized carbons (Fsp3) is 0.200. The van der Waals surface area contributed by atoms with E-state index in [0.29, 0.717) is 10.8 Å². The predicted octanol–water partition coefficient (Wildman–Crippen LogP) is 5.78. The van der Waals surface area contributed by atoms with Gasteiger partial charge in [-0.1, -0.05) is 12.1 Å². The van der Waals surface area contributed by atoms with Gasteiger partial charge in [0, 0.05) is 22.7 Å². The number of nitrogens with one attached hydrogen (secondary N) is 1. The number of fused-ring (bicyclic) bond motifs is 2. The Hall–Kier alpha value is -3.58. The van der Waals surface area contributed by atoms with Crippen molar-refractivity contribution in [1.29, 1.82) is 0 Å². The molecule has 7 heteroatoms. The Kier molecular flexibility index (Phi) is 4.33. The van der Waals surface area contributed by atoms with Crippen LogP contribution in [-0.2, 0) is 0 Å². The molecule has 0 spiro atoms. The summed E-state index contributed by atoms with van der Waals surface area (Å²) in [6, 6.07) is 15.8. The molecule has 0 atom stereocenters. The van der Waals surface area contributed by atoms with Crippen LogP contribution in [-0.4, -0.2) is 25.4 Å². The van der Waals surface area contributed by atoms with Crippen molar-refractivity contribution in [3.8, 4) is 5.69 Å². The van der Waals surface area contributed by atoms with Crippen LogP contribution < -0.4 is 5.32 Å². The number of hydrogen-bond donors (Lipinski definition) is 1. The van der Waals surface area contributed by atoms with E-state index in [1.54, 1.807) is 0 Å². The van der Waals surface area contributed by atoms with E-state index in [9.17, 15) is 4.79 Å². The molecular formula is C25H21N5OS. The molecule has 0 bridgehead atoms. The maximum atomic E-state index is 13.1. The van der Waals surface area contributed by atoms with E-state index >= 15 is 0 Å². The van der Waals surface area contributed by atoms with Crippen molar-refractivity contribution in [3.05, 3.63) is 76.8 Å². The van der Waals surface area contributed by atoms with Crippen molar-refractivity contribution in [1.82, 2.24) is 19.5 Å². The molecule has 1 aliphatic rings. The molecule has 0 unspecified atom stereocenters. The zero-order valence-corrected chi connectivity index (χ0v) is 18.6. The maximum absolute atomic E-state index is 13.1. The molecule has 6 rings (SSSR count). The molecule has 0 radical (unpaired) electrons. The van der Waals surface area contributed by atoms with E-state index in [0.717, 1.165) is 62.5 Å². The van der Waals surface area contributed by atoms with Crippen LogP contribution in [0.25, 0.3) is 26.9 Å². The molecule has 3 heterocycles. The standard InChI is InChI=1S/C25H21N5OS/c1-14-21-15(2)27-23(16-7-8-16)29-25(21)32-22(14)24(31)28-17-9-11-18(12-10-17)30-13-26-19-5-3-4-6-20(19)30/h3-6,9-13,16H,7-8H2,1-2H3,(H,28,31). The number of imidazole rings is 1. The largest absolute Gasteiger partial charge is 0.321 e. The first kappa shape index (κ1) is 19.1. The number of carbonyl (C=O) groups excluding carboxylic acids is 1. The molecule has 5 aromatic rings. The lowest BCUT2D eigenvalue weighted by atomic mass is 10.1. The Morgan fingerprint density at radius 1 is 1.06 bits per heavy atom. The second-order valence-electron chi connectivity index (χ2n) is 8.28. The number of amides is 1. The Morgan fingerprint density at radius 3 is 2.62 bits per heavy atom. The summed E-state index contributed by atoms with van der Waals surface area (Å²) < 4.78 is 2.04. The lowest BCUT2D eigenvalue weighted by molar-refractivity contribution is 0.103. The van der Waals surface area contributed by atoms with Crippen LogP contribution in [0.1, 0.15) is 45.5 Å². The summed E-state index contributed by atoms with van der Waals surface area (Å²) >= 11 is 1.45. The van der Waals surface area contributed by atoms with Crippen molar-refractivity contribution in [2.75, 3.05) is 5.32 Å². The number of nitrogens with zero attached hydrogens (tertiary/aromatic N) is 4. The summed E-state index contributed by atoms with van der Waals surface area (Å²) in [5, 5.41) is 4.04. The van der Waals surface area contributed by atoms with Crippen LogP contribution in [0.5, 0.6) is 0 Å². The van der Waals surface area contributed by atoms with Gasteiger partial charge in [-0.05, 0) is 68.7 Å². The molecule has 0 aliphatic heterocycles. The van der Waals surface area contributed by atoms with Crippen molar-refractivity contribution in [3.63, 3.8) is 0 Å². The molecular weight excluding hydrogens is 418 g/mol. The maximum Gasteiger partial charge on any atom is 0.266 e. The molecule has 32 heavy (non-hydrogen) atoms. The van der Waals surface area contributed by atoms with E-state index in [-0.39, 0.29) is 5.91 Å². The Balaban J connectivity index is 1.27. The molecule has 1 N–H and O–H groups in total. The van der Waals surface area contributed by atoms with Crippen molar-refractivity contribution in [2.24, 2.45) is 0 Å². The Morgan fingerprint density at radius 2 is 1.84 bits per heavy atom. The summed E-state index contributed by atoms with van der Waals surface area (Å²) in [6.07, 6.45) is 4.14. The summed E-state index contributed by atoms with van der Waals surface area (Å²) in [7, 11) is 0. The second kappa shape index (κ2) is 7.24. The van der Waals surface area contributed by atoms with Crippen LogP contribution >= 0.6 is 11.3 Å². The number of carbonyl (C=O) groups is 1. The highest BCUT2D eigenvalue weighted by Gasteiger charge is 2.28. The van der Waals surface area contributed by atoms with Gasteiger partial charge in [0.05, 0.1) is 21.6 Å². The quantitative estimate of drug-likeness (QED) is 0.385. The Bertz CT molecular complexity index is 1490. The van der Waals surface area contributed by atoms with Gasteiger partial charge in [-0.15, -0.1) is 11.3 Å². The molecule has 1 fully saturated rings. The Labute approximate surface area is 189 Å². The van der Waals surface area contributed by atoms with Crippen molar-refractivity contribution < 1.29 is 4.79 Å². The predicted molar refractivity (Wildman–Crippen MR) is 128 cm³/mol. The summed E-state index contributed by atoms with van der Waals surface area (Å²) in [6.45, 7) is 3.99. The zero-order valence-electron chi connectivity index (χ0n) is 17.8. The van der Waals surface area contributed by atoms with Gasteiger partial charge in [0.1, 0.15) is 17.0 Å². The minimum Gasteiger partial charge on any atom is -0.321 e. The molecule has 3 aromatic heterocycles. The van der Waals surface area contributed by atoms with E-state index < -0.39 is 0 Å². The van der Waals surface area contributed by atoms with Gasteiger partial charge in [0.25, 0.3) is 5.91 Å². The van der Waals surface area contributed by atoms with Crippen LogP contribution in [0.3, 0.4) is 0 Å². The lowest BCUT2D eigenvalue weighted by Crippen LogP contribution is -2.11. The van der Waals surface area contributed by atoms with E-state index in [2.05, 4.69) is 10.3 Å². The van der Waals surface area contributed by atoms with Crippen LogP contribution in [0, 0.1) is 13.8 Å². The fourth-order valence-corrected chi connectivity index (χ4v) is 5.29. The van der Waals surface area contributed by atoms with Crippen LogP contribution in [0.4, 0.5) is 5.69 Å². The number of benzene rings is 2. The highest BCUT2D eigenvalue weighted by Crippen LogP contribution is 2.40. The van der Waals surface area contributed by atoms with Gasteiger partial charge in [-0.25, -0.2) is 15.0 Å². The topological polar surface area (TPSA) is 72.7 Å². The molecule has 6 nitrogen and oxygen atoms in total. The average molecular weight is 440 g/mol. The third-order valence-electron chi connectivity index (χ3n) is 5.99. The minimum absolute atomic E-state index is 0.112. The number of thiophene rings is 1. The zero-order chi connectivity index (χ0) is 21.8. The number of hydrogen-bond acceptors (Lipinski definition) is 5. The number of aryl methyl sites for hydroxylation is 2. The molecule has 1 saturated carbocycles. The summed E-state index contributed by atoms with van der Waals surface area (Å²) in [5.41, 5.74) is 5.65. The van der Waals surface area contributed by atoms with Gasteiger partial charge in [0.2, 0.25) is 0 Å². The molecule has 158 valence electrons. The number of aromatic nitrogens is 4. The molecule has 1 amide bonds. The third kappa shape index (κ3) is 3.17. The van der Waals surface area contributed by atoms with Gasteiger partial charge in [-0.2, -0.15) is 0 Å². The molecule has 0 saturated heterocycles. The lowest BCUT2D eigenvalue weighted by Gasteiger charge is -2.08. The van der Waals surface area contributed by atoms with Crippen LogP contribution in [0.2, 0.25) is 0 Å². The van der Waals surface area contributed by atoms with E-state index in [4.69, 9.17) is 9.97 Å². The minimum atomic E-state index is -0.112. The second-order valence-corrected chi connectivity index (χ2v) is 9.28. The van der Waals surface area contributed by atoms with E-state index in [1.165, 1.54) is 11.3 Å². The smallest absolute Gasteiger partial charge is 0.266 e. The van der Waals surface area contributed by atoms with Gasteiger partial charge in [-0.3, -0.25) is 9.36 Å².